The van der Waals surface area contributed by atoms with Gasteiger partial charge in [-0.15, -0.1) is 0 Å². The molecule has 0 radical (unpaired) electrons. The first-order valence-electron chi connectivity index (χ1n) is 3.82. The molecule has 0 aliphatic heterocycles. The van der Waals surface area contributed by atoms with Crippen molar-refractivity contribution in [3.05, 3.63) is 0 Å². The molecule has 78 valence electrons. The summed E-state index contributed by atoms with van der Waals surface area (Å²) in [6.45, 7) is 0.634. The molecule has 1 unspecified atom stereocenters. The van der Waals surface area contributed by atoms with Crippen LogP contribution in [0.15, 0.2) is 0 Å². The normalized spacial score (nSPS) is 14.6. The largest absolute Gasteiger partial charge is 0.401 e. The maximum absolute atomic E-state index is 11.9. The summed E-state index contributed by atoms with van der Waals surface area (Å²) < 4.78 is 35.6. The molecule has 0 aromatic carbocycles. The van der Waals surface area contributed by atoms with Crippen LogP contribution >= 0.6 is 0 Å². The highest BCUT2D eigenvalue weighted by molar-refractivity contribution is 5.77. The molecule has 0 amide bonds. The molecule has 0 fully saturated rings. The van der Waals surface area contributed by atoms with Crippen LogP contribution in [0.4, 0.5) is 13.2 Å². The van der Waals surface area contributed by atoms with E-state index in [2.05, 4.69) is 0 Å². The molecule has 0 spiro atoms. The van der Waals surface area contributed by atoms with E-state index >= 15 is 0 Å². The second-order valence-electron chi connectivity index (χ2n) is 3.11. The van der Waals surface area contributed by atoms with E-state index in [0.29, 0.717) is 0 Å². The summed E-state index contributed by atoms with van der Waals surface area (Å²) in [5.74, 6) is -0.0958. The van der Waals surface area contributed by atoms with Crippen molar-refractivity contribution in [2.24, 2.45) is 5.73 Å². The first kappa shape index (κ1) is 12.2. The van der Waals surface area contributed by atoms with Gasteiger partial charge in [0, 0.05) is 12.5 Å². The van der Waals surface area contributed by atoms with Gasteiger partial charge in [0.05, 0.1) is 12.4 Å². The number of hydrogen-bond donors (Lipinski definition) is 2. The van der Waals surface area contributed by atoms with Gasteiger partial charge in [0.15, 0.2) is 0 Å². The molecule has 3 nitrogen and oxygen atoms in total. The lowest BCUT2D eigenvalue weighted by molar-refractivity contribution is -0.146. The number of nitrogens with zero attached hydrogens (tertiary/aromatic N) is 1. The summed E-state index contributed by atoms with van der Waals surface area (Å²) in [4.78, 5) is 1.13. The Hall–Kier alpha value is -0.780. The maximum atomic E-state index is 11.9. The fraction of sp³-hybridized carbons (Fsp3) is 0.857. The second-order valence-corrected chi connectivity index (χ2v) is 3.11. The highest BCUT2D eigenvalue weighted by atomic mass is 19.4. The van der Waals surface area contributed by atoms with Gasteiger partial charge in [0.1, 0.15) is 0 Å². The Labute approximate surface area is 75.2 Å². The summed E-state index contributed by atoms with van der Waals surface area (Å²) in [6, 6.07) is -0.362. The predicted molar refractivity (Wildman–Crippen MR) is 44.7 cm³/mol. The molecule has 0 saturated heterocycles. The van der Waals surface area contributed by atoms with E-state index in [1.807, 2.05) is 0 Å². The summed E-state index contributed by atoms with van der Waals surface area (Å²) in [6.07, 6.45) is -4.04. The molecular formula is C7H14F3N3. The number of nitrogens with two attached hydrogens (primary N) is 1. The zero-order valence-corrected chi connectivity index (χ0v) is 7.65. The van der Waals surface area contributed by atoms with E-state index in [4.69, 9.17) is 11.1 Å². The third kappa shape index (κ3) is 6.39. The topological polar surface area (TPSA) is 53.1 Å². The molecule has 0 saturated carbocycles. The van der Waals surface area contributed by atoms with Gasteiger partial charge in [-0.1, -0.05) is 0 Å². The van der Waals surface area contributed by atoms with E-state index in [9.17, 15) is 13.2 Å². The Kier molecular flexibility index (Phi) is 4.19. The molecule has 0 heterocycles. The number of alkyl halides is 3. The van der Waals surface area contributed by atoms with Crippen molar-refractivity contribution in [2.45, 2.75) is 25.6 Å². The molecule has 6 heteroatoms. The molecule has 0 aliphatic rings. The summed E-state index contributed by atoms with van der Waals surface area (Å²) >= 11 is 0. The lowest BCUT2D eigenvalue weighted by atomic mass is 10.2. The summed E-state index contributed by atoms with van der Waals surface area (Å²) in [7, 11) is 1.36. The summed E-state index contributed by atoms with van der Waals surface area (Å²) in [5.41, 5.74) is 5.07. The highest BCUT2D eigenvalue weighted by Gasteiger charge is 2.30. The van der Waals surface area contributed by atoms with E-state index in [1.54, 1.807) is 6.92 Å². The van der Waals surface area contributed by atoms with Gasteiger partial charge in [0.2, 0.25) is 0 Å². The fourth-order valence-corrected chi connectivity index (χ4v) is 0.913. The van der Waals surface area contributed by atoms with Gasteiger partial charge in [-0.05, 0) is 14.0 Å². The standard InChI is InChI=1S/C7H14F3N3/c1-5(3-6(11)12)13(2)4-7(8,9)10/h5H,3-4H2,1-2H3,(H3,11,12). The van der Waals surface area contributed by atoms with Crippen molar-refractivity contribution in [1.82, 2.24) is 4.90 Å². The monoisotopic (exact) mass is 197 g/mol. The first-order chi connectivity index (χ1) is 5.72. The first-order valence-corrected chi connectivity index (χ1v) is 3.82. The van der Waals surface area contributed by atoms with Gasteiger partial charge in [-0.25, -0.2) is 0 Å². The predicted octanol–water partition coefficient (Wildman–Crippen LogP) is 1.20. The van der Waals surface area contributed by atoms with Crippen LogP contribution in [0.1, 0.15) is 13.3 Å². The number of amidine groups is 1. The van der Waals surface area contributed by atoms with Gasteiger partial charge >= 0.3 is 6.18 Å². The fourth-order valence-electron chi connectivity index (χ4n) is 0.913. The molecule has 3 N–H and O–H groups in total. The van der Waals surface area contributed by atoms with Crippen LogP contribution in [-0.2, 0) is 0 Å². The molecule has 13 heavy (non-hydrogen) atoms. The number of rotatable bonds is 4. The molecule has 0 aromatic rings. The molecule has 1 atom stereocenters. The highest BCUT2D eigenvalue weighted by Crippen LogP contribution is 2.17. The van der Waals surface area contributed by atoms with E-state index in [1.165, 1.54) is 7.05 Å². The lowest BCUT2D eigenvalue weighted by Crippen LogP contribution is -2.39. The number of halogens is 3. The Morgan fingerprint density at radius 2 is 2.00 bits per heavy atom. The smallest absolute Gasteiger partial charge is 0.388 e. The average molecular weight is 197 g/mol. The molecule has 0 rings (SSSR count). The second kappa shape index (κ2) is 4.45. The minimum Gasteiger partial charge on any atom is -0.388 e. The van der Waals surface area contributed by atoms with Gasteiger partial charge in [-0.2, -0.15) is 13.2 Å². The van der Waals surface area contributed by atoms with E-state index < -0.39 is 12.7 Å². The van der Waals surface area contributed by atoms with E-state index in [-0.39, 0.29) is 18.3 Å². The van der Waals surface area contributed by atoms with Crippen LogP contribution in [0.25, 0.3) is 0 Å². The van der Waals surface area contributed by atoms with Crippen LogP contribution in [0.5, 0.6) is 0 Å². The van der Waals surface area contributed by atoms with E-state index in [0.717, 1.165) is 4.90 Å². The quantitative estimate of drug-likeness (QED) is 0.525. The van der Waals surface area contributed by atoms with Crippen LogP contribution in [0.3, 0.4) is 0 Å². The van der Waals surface area contributed by atoms with Gasteiger partial charge in [0.25, 0.3) is 0 Å². The molecule has 0 aliphatic carbocycles. The number of nitrogens with one attached hydrogen (secondary N) is 1. The van der Waals surface area contributed by atoms with Crippen molar-refractivity contribution in [1.29, 1.82) is 5.41 Å². The Balaban J connectivity index is 3.96. The summed E-state index contributed by atoms with van der Waals surface area (Å²) in [5, 5.41) is 6.92. The molecule has 0 aromatic heterocycles. The van der Waals surface area contributed by atoms with Crippen LogP contribution in [-0.4, -0.2) is 36.5 Å². The molecule has 0 bridgehead atoms. The third-order valence-electron chi connectivity index (χ3n) is 1.70. The minimum atomic E-state index is -4.19. The van der Waals surface area contributed by atoms with Crippen LogP contribution in [0, 0.1) is 5.41 Å². The Morgan fingerprint density at radius 1 is 1.54 bits per heavy atom. The van der Waals surface area contributed by atoms with Crippen molar-refractivity contribution < 1.29 is 13.2 Å². The Bertz CT molecular complexity index is 178. The minimum absolute atomic E-state index is 0.0958. The van der Waals surface area contributed by atoms with Crippen LogP contribution in [0.2, 0.25) is 0 Å². The van der Waals surface area contributed by atoms with Gasteiger partial charge < -0.3 is 5.73 Å². The number of hydrogen-bond acceptors (Lipinski definition) is 2. The molecular weight excluding hydrogens is 183 g/mol. The maximum Gasteiger partial charge on any atom is 0.401 e. The SMILES string of the molecule is CC(CC(=N)N)N(C)CC(F)(F)F. The lowest BCUT2D eigenvalue weighted by Gasteiger charge is -2.25. The van der Waals surface area contributed by atoms with Gasteiger partial charge in [-0.3, -0.25) is 10.3 Å². The van der Waals surface area contributed by atoms with Crippen molar-refractivity contribution >= 4 is 5.84 Å². The van der Waals surface area contributed by atoms with Crippen molar-refractivity contribution in [3.63, 3.8) is 0 Å². The van der Waals surface area contributed by atoms with Crippen molar-refractivity contribution in [3.8, 4) is 0 Å². The third-order valence-corrected chi connectivity index (χ3v) is 1.70. The zero-order valence-electron chi connectivity index (χ0n) is 7.65. The zero-order chi connectivity index (χ0) is 10.6. The van der Waals surface area contributed by atoms with Crippen LogP contribution < -0.4 is 5.73 Å². The average Bonchev–Trinajstić information content (AvgIpc) is 1.81. The van der Waals surface area contributed by atoms with Crippen molar-refractivity contribution in [2.75, 3.05) is 13.6 Å². The Morgan fingerprint density at radius 3 is 2.31 bits per heavy atom.